The normalized spacial score (nSPS) is 14.3. The number of hydrogen-bond donors (Lipinski definition) is 0. The molecular weight excluding hydrogens is 182 g/mol. The van der Waals surface area contributed by atoms with Gasteiger partial charge in [0.25, 0.3) is 0 Å². The van der Waals surface area contributed by atoms with E-state index in [1.807, 2.05) is 0 Å². The molecule has 0 saturated carbocycles. The second-order valence-corrected chi connectivity index (χ2v) is 5.44. The van der Waals surface area contributed by atoms with Gasteiger partial charge in [-0.15, -0.1) is 0 Å². The molecule has 0 saturated heterocycles. The average Bonchev–Trinajstić information content (AvgIpc) is 2.16. The molecule has 0 heterocycles. The molecule has 0 aliphatic carbocycles. The Morgan fingerprint density at radius 3 is 2.13 bits per heavy atom. The molecule has 1 nitrogen and oxygen atoms in total. The van der Waals surface area contributed by atoms with Crippen molar-refractivity contribution in [3.05, 3.63) is 35.9 Å². The van der Waals surface area contributed by atoms with Crippen molar-refractivity contribution in [2.45, 2.75) is 40.3 Å². The summed E-state index contributed by atoms with van der Waals surface area (Å²) in [4.78, 5) is 2.41. The summed E-state index contributed by atoms with van der Waals surface area (Å²) in [5.74, 6) is 0. The summed E-state index contributed by atoms with van der Waals surface area (Å²) >= 11 is 0. The second-order valence-electron chi connectivity index (χ2n) is 5.44. The molecule has 0 aliphatic rings. The highest BCUT2D eigenvalue weighted by molar-refractivity contribution is 5.14. The molecule has 1 aromatic rings. The van der Waals surface area contributed by atoms with Crippen LogP contribution in [0.1, 0.15) is 33.3 Å². The zero-order chi connectivity index (χ0) is 11.5. The van der Waals surface area contributed by atoms with Gasteiger partial charge in [0.1, 0.15) is 0 Å². The maximum Gasteiger partial charge on any atom is 0.0233 e. The van der Waals surface area contributed by atoms with E-state index >= 15 is 0 Å². The van der Waals surface area contributed by atoms with Crippen LogP contribution >= 0.6 is 0 Å². The minimum absolute atomic E-state index is 0.337. The van der Waals surface area contributed by atoms with Crippen LogP contribution in [0.2, 0.25) is 0 Å². The van der Waals surface area contributed by atoms with Gasteiger partial charge in [-0.1, -0.05) is 51.1 Å². The van der Waals surface area contributed by atoms with Gasteiger partial charge in [-0.3, -0.25) is 4.90 Å². The molecule has 1 heteroatoms. The Bertz CT molecular complexity index is 284. The van der Waals surface area contributed by atoms with Crippen LogP contribution in [0.3, 0.4) is 0 Å². The lowest BCUT2D eigenvalue weighted by atomic mass is 9.87. The Kier molecular flexibility index (Phi) is 3.92. The Morgan fingerprint density at radius 2 is 1.67 bits per heavy atom. The number of hydrogen-bond acceptors (Lipinski definition) is 1. The molecule has 1 atom stereocenters. The predicted molar refractivity (Wildman–Crippen MR) is 66.8 cm³/mol. The third kappa shape index (κ3) is 3.67. The van der Waals surface area contributed by atoms with Crippen LogP contribution in [-0.4, -0.2) is 18.0 Å². The van der Waals surface area contributed by atoms with Crippen molar-refractivity contribution >= 4 is 0 Å². The minimum Gasteiger partial charge on any atom is -0.299 e. The fourth-order valence-corrected chi connectivity index (χ4v) is 1.67. The van der Waals surface area contributed by atoms with Crippen LogP contribution in [0.5, 0.6) is 0 Å². The second kappa shape index (κ2) is 4.80. The van der Waals surface area contributed by atoms with Crippen LogP contribution in [0.15, 0.2) is 30.3 Å². The summed E-state index contributed by atoms with van der Waals surface area (Å²) in [6.07, 6.45) is 0. The SMILES string of the molecule is CC(N(C)Cc1ccccc1)C(C)(C)C. The lowest BCUT2D eigenvalue weighted by molar-refractivity contribution is 0.134. The summed E-state index contributed by atoms with van der Waals surface area (Å²) in [5.41, 5.74) is 1.72. The lowest BCUT2D eigenvalue weighted by Crippen LogP contribution is -2.38. The smallest absolute Gasteiger partial charge is 0.0233 e. The third-order valence-electron chi connectivity index (χ3n) is 3.19. The van der Waals surface area contributed by atoms with E-state index in [4.69, 9.17) is 0 Å². The summed E-state index contributed by atoms with van der Waals surface area (Å²) in [7, 11) is 2.20. The predicted octanol–water partition coefficient (Wildman–Crippen LogP) is 3.55. The largest absolute Gasteiger partial charge is 0.299 e. The van der Waals surface area contributed by atoms with Crippen molar-refractivity contribution in [1.82, 2.24) is 4.90 Å². The highest BCUT2D eigenvalue weighted by Crippen LogP contribution is 2.23. The lowest BCUT2D eigenvalue weighted by Gasteiger charge is -2.35. The molecule has 0 spiro atoms. The summed E-state index contributed by atoms with van der Waals surface area (Å²) < 4.78 is 0. The minimum atomic E-state index is 0.337. The van der Waals surface area contributed by atoms with E-state index < -0.39 is 0 Å². The first-order valence-corrected chi connectivity index (χ1v) is 5.65. The molecule has 1 unspecified atom stereocenters. The Morgan fingerprint density at radius 1 is 1.13 bits per heavy atom. The zero-order valence-corrected chi connectivity index (χ0v) is 10.6. The van der Waals surface area contributed by atoms with Gasteiger partial charge in [0, 0.05) is 12.6 Å². The molecule has 15 heavy (non-hydrogen) atoms. The van der Waals surface area contributed by atoms with Crippen molar-refractivity contribution in [1.29, 1.82) is 0 Å². The molecule has 1 rings (SSSR count). The number of nitrogens with zero attached hydrogens (tertiary/aromatic N) is 1. The van der Waals surface area contributed by atoms with Crippen molar-refractivity contribution in [2.75, 3.05) is 7.05 Å². The molecule has 0 N–H and O–H groups in total. The van der Waals surface area contributed by atoms with Crippen LogP contribution in [0.4, 0.5) is 0 Å². The van der Waals surface area contributed by atoms with Crippen LogP contribution < -0.4 is 0 Å². The fourth-order valence-electron chi connectivity index (χ4n) is 1.67. The quantitative estimate of drug-likeness (QED) is 0.729. The highest BCUT2D eigenvalue weighted by Gasteiger charge is 2.23. The molecular formula is C14H23N. The van der Waals surface area contributed by atoms with Gasteiger partial charge < -0.3 is 0 Å². The topological polar surface area (TPSA) is 3.24 Å². The molecule has 0 aliphatic heterocycles. The van der Waals surface area contributed by atoms with Crippen molar-refractivity contribution in [3.8, 4) is 0 Å². The van der Waals surface area contributed by atoms with Crippen molar-refractivity contribution < 1.29 is 0 Å². The number of rotatable bonds is 3. The molecule has 1 aromatic carbocycles. The van der Waals surface area contributed by atoms with Gasteiger partial charge in [0.2, 0.25) is 0 Å². The van der Waals surface area contributed by atoms with Gasteiger partial charge in [0.05, 0.1) is 0 Å². The van der Waals surface area contributed by atoms with Gasteiger partial charge in [-0.25, -0.2) is 0 Å². The van der Waals surface area contributed by atoms with Crippen molar-refractivity contribution in [3.63, 3.8) is 0 Å². The molecule has 0 radical (unpaired) electrons. The summed E-state index contributed by atoms with van der Waals surface area (Å²) in [6.45, 7) is 10.2. The molecule has 0 aromatic heterocycles. The van der Waals surface area contributed by atoms with Crippen molar-refractivity contribution in [2.24, 2.45) is 5.41 Å². The first-order chi connectivity index (χ1) is 6.91. The van der Waals surface area contributed by atoms with Gasteiger partial charge >= 0.3 is 0 Å². The maximum atomic E-state index is 2.41. The van der Waals surface area contributed by atoms with E-state index in [1.165, 1.54) is 5.56 Å². The molecule has 0 amide bonds. The Balaban J connectivity index is 2.60. The van der Waals surface area contributed by atoms with Crippen LogP contribution in [0, 0.1) is 5.41 Å². The van der Waals surface area contributed by atoms with E-state index in [-0.39, 0.29) is 0 Å². The van der Waals surface area contributed by atoms with Crippen LogP contribution in [0.25, 0.3) is 0 Å². The Labute approximate surface area is 94.1 Å². The summed E-state index contributed by atoms with van der Waals surface area (Å²) in [5, 5.41) is 0. The summed E-state index contributed by atoms with van der Waals surface area (Å²) in [6, 6.07) is 11.2. The van der Waals surface area contributed by atoms with E-state index in [9.17, 15) is 0 Å². The average molecular weight is 205 g/mol. The molecule has 0 fully saturated rings. The van der Waals surface area contributed by atoms with Gasteiger partial charge in [-0.2, -0.15) is 0 Å². The van der Waals surface area contributed by atoms with E-state index in [0.717, 1.165) is 6.54 Å². The third-order valence-corrected chi connectivity index (χ3v) is 3.19. The molecule has 0 bridgehead atoms. The zero-order valence-electron chi connectivity index (χ0n) is 10.6. The first-order valence-electron chi connectivity index (χ1n) is 5.65. The first kappa shape index (κ1) is 12.3. The van der Waals surface area contributed by atoms with E-state index in [0.29, 0.717) is 11.5 Å². The van der Waals surface area contributed by atoms with Crippen LogP contribution in [-0.2, 0) is 6.54 Å². The maximum absolute atomic E-state index is 2.41. The van der Waals surface area contributed by atoms with E-state index in [2.05, 4.69) is 70.0 Å². The fraction of sp³-hybridized carbons (Fsp3) is 0.571. The standard InChI is InChI=1S/C14H23N/c1-12(14(2,3)4)15(5)11-13-9-7-6-8-10-13/h6-10,12H,11H2,1-5H3. The Hall–Kier alpha value is -0.820. The van der Waals surface area contributed by atoms with Gasteiger partial charge in [-0.05, 0) is 24.9 Å². The monoisotopic (exact) mass is 205 g/mol. The molecule has 84 valence electrons. The van der Waals surface area contributed by atoms with Gasteiger partial charge in [0.15, 0.2) is 0 Å². The number of benzene rings is 1. The highest BCUT2D eigenvalue weighted by atomic mass is 15.1. The van der Waals surface area contributed by atoms with E-state index in [1.54, 1.807) is 0 Å².